The van der Waals surface area contributed by atoms with Crippen molar-refractivity contribution in [3.63, 3.8) is 0 Å². The molecular weight excluding hydrogens is 1100 g/mol. The normalized spacial score (nSPS) is 26.5. The van der Waals surface area contributed by atoms with Crippen molar-refractivity contribution in [1.82, 2.24) is 0 Å². The van der Waals surface area contributed by atoms with Gasteiger partial charge in [0, 0.05) is 0 Å². The Labute approximate surface area is 440 Å². The number of halogens is 1. The van der Waals surface area contributed by atoms with E-state index in [1.807, 2.05) is 32.9 Å². The predicted molar refractivity (Wildman–Crippen MR) is 260 cm³/mol. The number of methoxy groups -OCH3 is 1. The van der Waals surface area contributed by atoms with Crippen LogP contribution in [0.5, 0.6) is 11.5 Å². The Morgan fingerprint density at radius 3 is 1.84 bits per heavy atom. The van der Waals surface area contributed by atoms with Gasteiger partial charge in [-0.3, -0.25) is 0 Å². The van der Waals surface area contributed by atoms with Crippen molar-refractivity contribution in [3.05, 3.63) is 60.7 Å². The molecule has 0 amide bonds. The summed E-state index contributed by atoms with van der Waals surface area (Å²) in [5, 5.41) is 84.2. The van der Waals surface area contributed by atoms with Crippen molar-refractivity contribution in [2.75, 3.05) is 104 Å². The van der Waals surface area contributed by atoms with E-state index in [0.717, 1.165) is 6.42 Å². The Kier molecular flexibility index (Phi) is 29.9. The predicted octanol–water partition coefficient (Wildman–Crippen LogP) is -3.02. The molecule has 2 aliphatic rings. The molecule has 4 rings (SSSR count). The fourth-order valence-electron chi connectivity index (χ4n) is 7.97. The number of benzene rings is 2. The maximum absolute atomic E-state index is 13.2. The first kappa shape index (κ1) is 63.3. The molecular formula is C50H81IO21S. The molecule has 14 unspecified atom stereocenters. The molecule has 0 bridgehead atoms. The van der Waals surface area contributed by atoms with Gasteiger partial charge in [0.05, 0.1) is 42.8 Å². The third kappa shape index (κ3) is 21.3. The van der Waals surface area contributed by atoms with Crippen molar-refractivity contribution < 1.29 is 121 Å². The van der Waals surface area contributed by atoms with Crippen LogP contribution in [0.4, 0.5) is 0 Å². The van der Waals surface area contributed by atoms with Gasteiger partial charge in [-0.25, -0.2) is 8.42 Å². The monoisotopic (exact) mass is 1180 g/mol. The van der Waals surface area contributed by atoms with Crippen LogP contribution in [0.3, 0.4) is 0 Å². The van der Waals surface area contributed by atoms with Crippen LogP contribution in [0.15, 0.2) is 70.5 Å². The first-order chi connectivity index (χ1) is 35.2. The van der Waals surface area contributed by atoms with E-state index in [1.54, 1.807) is 12.1 Å². The molecule has 2 aliphatic heterocycles. The summed E-state index contributed by atoms with van der Waals surface area (Å²) in [4.78, 5) is 0.185. The summed E-state index contributed by atoms with van der Waals surface area (Å²) in [7, 11) is -2.30. The Morgan fingerprint density at radius 2 is 1.22 bits per heavy atom. The molecule has 2 aromatic rings. The molecule has 0 aromatic heterocycles. The first-order valence-electron chi connectivity index (χ1n) is 24.9. The van der Waals surface area contributed by atoms with Gasteiger partial charge in [-0.15, -0.1) is 0 Å². The number of alkyl halides is 1. The second-order valence-electron chi connectivity index (χ2n) is 17.8. The van der Waals surface area contributed by atoms with Gasteiger partial charge in [-0.05, 0) is 55.0 Å². The molecule has 14 atom stereocenters. The van der Waals surface area contributed by atoms with Crippen molar-refractivity contribution in [2.45, 2.75) is 123 Å². The molecule has 73 heavy (non-hydrogen) atoms. The second-order valence-corrected chi connectivity index (χ2v) is 22.0. The van der Waals surface area contributed by atoms with Gasteiger partial charge in [0.2, 0.25) is 9.84 Å². The van der Waals surface area contributed by atoms with E-state index in [9.17, 15) is 49.3 Å². The third-order valence-corrected chi connectivity index (χ3v) is 15.8. The van der Waals surface area contributed by atoms with Crippen LogP contribution in [0.1, 0.15) is 40.0 Å². The average Bonchev–Trinajstić information content (AvgIpc) is 3.39. The molecule has 0 saturated carbocycles. The average molecular weight is 1180 g/mol. The summed E-state index contributed by atoms with van der Waals surface area (Å²) in [6.07, 6.45) is -5.49. The summed E-state index contributed by atoms with van der Waals surface area (Å²) >= 11 is -0.695. The van der Waals surface area contributed by atoms with E-state index in [0.29, 0.717) is 35.4 Å². The van der Waals surface area contributed by atoms with Crippen LogP contribution in [0.25, 0.3) is 0 Å². The minimum atomic E-state index is -3.79. The second kappa shape index (κ2) is 34.5. The van der Waals surface area contributed by atoms with Crippen LogP contribution in [-0.2, 0) is 47.7 Å². The molecule has 23 heteroatoms. The number of rotatable bonds is 37. The number of hydrogen-bond donors (Lipinski definition) is 8. The summed E-state index contributed by atoms with van der Waals surface area (Å²) in [5.74, 6) is -0.193. The molecule has 21 nitrogen and oxygen atoms in total. The van der Waals surface area contributed by atoms with Crippen LogP contribution in [0, 0.1) is 11.8 Å². The Morgan fingerprint density at radius 1 is 0.644 bits per heavy atom. The fraction of sp³-hybridized carbons (Fsp3) is 0.720. The van der Waals surface area contributed by atoms with Gasteiger partial charge in [0.1, 0.15) is 17.6 Å². The molecule has 2 heterocycles. The molecule has 0 aliphatic carbocycles. The van der Waals surface area contributed by atoms with Gasteiger partial charge in [-0.1, -0.05) is 20.3 Å². The van der Waals surface area contributed by atoms with E-state index in [1.165, 1.54) is 43.5 Å². The van der Waals surface area contributed by atoms with Crippen LogP contribution < -0.4 is 31.1 Å². The minimum absolute atomic E-state index is 0.0232. The number of allylic oxidation sites excluding steroid dienone is 1. The Hall–Kier alpha value is -2.22. The summed E-state index contributed by atoms with van der Waals surface area (Å²) in [6.45, 7) is 5.71. The van der Waals surface area contributed by atoms with Gasteiger partial charge >= 0.3 is 264 Å². The molecule has 2 aromatic carbocycles. The van der Waals surface area contributed by atoms with E-state index < -0.39 is 117 Å². The molecule has 9 N–H and O–H groups in total. The summed E-state index contributed by atoms with van der Waals surface area (Å²) in [5.41, 5.74) is 0. The summed E-state index contributed by atoms with van der Waals surface area (Å²) in [6, 6.07) is 12.0. The van der Waals surface area contributed by atoms with E-state index in [2.05, 4.69) is 0 Å². The van der Waals surface area contributed by atoms with E-state index in [-0.39, 0.29) is 95.7 Å². The molecule has 0 radical (unpaired) electrons. The zero-order valence-corrected chi connectivity index (χ0v) is 45.3. The zero-order valence-electron chi connectivity index (χ0n) is 42.3. The third-order valence-electron chi connectivity index (χ3n) is 12.2. The quantitative estimate of drug-likeness (QED) is 0.0110. The molecule has 2 saturated heterocycles. The fourth-order valence-corrected chi connectivity index (χ4v) is 10.8. The van der Waals surface area contributed by atoms with Gasteiger partial charge in [-0.2, -0.15) is 0 Å². The molecule has 0 spiro atoms. The first-order valence-corrected chi connectivity index (χ1v) is 28.8. The van der Waals surface area contributed by atoms with Gasteiger partial charge in [0.15, 0.2) is 0 Å². The standard InChI is InChI=1S/C50H81IO21S/c1-5-10-41-43(21-52)71-46(49(58)47(41)56)31-67-29-42-44(72-45(30-63-7-3)50(59)48(42)57)32-70-51-19-8-9-20-64-23-34(54)24-66-27-38(68-26-35(55)25-65-22-33(53)6-2)28-69-37-13-17-40(18-14-37)73(60,61)39-15-11-36(62-4)12-16-39/h8-9,11-18,33-35,38,41-50,52-59,70H,5-7,10,19-32H2,1-4H3/b9-8+. The van der Waals surface area contributed by atoms with E-state index in [4.69, 9.17) is 50.4 Å². The topological polar surface area (TPSA) is 301 Å². The van der Waals surface area contributed by atoms with Gasteiger partial charge in [0.25, 0.3) is 0 Å². The number of aliphatic hydroxyl groups excluding tert-OH is 8. The van der Waals surface area contributed by atoms with Crippen molar-refractivity contribution in [1.29, 1.82) is 0 Å². The number of aliphatic hydroxyl groups is 9. The van der Waals surface area contributed by atoms with Crippen LogP contribution in [0.2, 0.25) is 0 Å². The summed E-state index contributed by atoms with van der Waals surface area (Å²) < 4.78 is 88.9. The Balaban J connectivity index is 1.19. The zero-order chi connectivity index (χ0) is 53.2. The Bertz CT molecular complexity index is 1900. The van der Waals surface area contributed by atoms with Crippen molar-refractivity contribution in [3.8, 4) is 11.5 Å². The van der Waals surface area contributed by atoms with Crippen molar-refractivity contribution >= 4 is 9.84 Å². The SMILES string of the molecule is CCCC1C(CO)OC(COCC2C(C[OH+][I-]C/C=C/COCC(O)COCC(COc3ccc(S(=O)(=O)c4ccc(OC)cc4)cc3)OCC(O)COCC(O)CC)OC(COCC)C(O)C2O)C(O)C1O. The van der Waals surface area contributed by atoms with Gasteiger partial charge < -0.3 is 24.4 Å². The number of sulfone groups is 1. The molecule has 420 valence electrons. The van der Waals surface area contributed by atoms with Crippen LogP contribution >= 0.6 is 0 Å². The number of hydrogen-bond acceptors (Lipinski definition) is 20. The van der Waals surface area contributed by atoms with Crippen molar-refractivity contribution in [2.24, 2.45) is 11.8 Å². The maximum atomic E-state index is 13.2. The number of ether oxygens (including phenoxy) is 10. The van der Waals surface area contributed by atoms with E-state index >= 15 is 0 Å². The molecule has 2 fully saturated rings. The van der Waals surface area contributed by atoms with Crippen LogP contribution in [-0.4, -0.2) is 230 Å².